The van der Waals surface area contributed by atoms with Crippen molar-refractivity contribution in [3.05, 3.63) is 39.7 Å². The van der Waals surface area contributed by atoms with Gasteiger partial charge in [0.05, 0.1) is 59.8 Å². The number of aromatic nitrogens is 1. The Morgan fingerprint density at radius 3 is 2.18 bits per heavy atom. The Bertz CT molecular complexity index is 2420. The summed E-state index contributed by atoms with van der Waals surface area (Å²) in [6.45, 7) is 21.2. The molecule has 20 heteroatoms. The quantitative estimate of drug-likeness (QED) is 0.110. The number of cyclic esters (lactones) is 1. The molecule has 0 amide bonds. The molecule has 3 saturated heterocycles. The monoisotopic (exact) mass is 1110 g/mol. The summed E-state index contributed by atoms with van der Waals surface area (Å²) in [4.78, 5) is 59.2. The second kappa shape index (κ2) is 25.8. The number of Topliss-reactive ketones (excluding diaryl/α,β-unsaturated/α-hetero) is 1. The first-order chi connectivity index (χ1) is 36.0. The van der Waals surface area contributed by atoms with Crippen molar-refractivity contribution in [1.29, 1.82) is 0 Å². The van der Waals surface area contributed by atoms with E-state index in [-0.39, 0.29) is 48.8 Å². The molecule has 0 bridgehead atoms. The highest BCUT2D eigenvalue weighted by molar-refractivity contribution is 7.99. The summed E-state index contributed by atoms with van der Waals surface area (Å²) < 4.78 is 54.3. The number of hydrogen-bond donors (Lipinski definition) is 4. The van der Waals surface area contributed by atoms with Crippen LogP contribution in [0.2, 0.25) is 0 Å². The second-order valence-corrected chi connectivity index (χ2v) is 24.7. The van der Waals surface area contributed by atoms with E-state index in [1.807, 2.05) is 78.2 Å². The first-order valence-electron chi connectivity index (χ1n) is 27.6. The van der Waals surface area contributed by atoms with Crippen LogP contribution in [0.15, 0.2) is 28.0 Å². The van der Waals surface area contributed by atoms with Crippen molar-refractivity contribution >= 4 is 40.4 Å². The van der Waals surface area contributed by atoms with E-state index in [9.17, 15) is 39.6 Å². The van der Waals surface area contributed by atoms with Crippen molar-refractivity contribution in [2.45, 2.75) is 210 Å². The number of nitrogens with zero attached hydrogens (tertiary/aromatic N) is 3. The molecule has 77 heavy (non-hydrogen) atoms. The van der Waals surface area contributed by atoms with Gasteiger partial charge in [-0.2, -0.15) is 0 Å². The molecule has 3 fully saturated rings. The van der Waals surface area contributed by atoms with E-state index in [1.54, 1.807) is 46.6 Å². The fourth-order valence-electron chi connectivity index (χ4n) is 12.5. The Morgan fingerprint density at radius 1 is 0.896 bits per heavy atom. The highest BCUT2D eigenvalue weighted by Crippen LogP contribution is 2.43. The summed E-state index contributed by atoms with van der Waals surface area (Å²) in [6.07, 6.45) is -5.32. The van der Waals surface area contributed by atoms with Crippen LogP contribution < -0.4 is 5.43 Å². The standard InChI is InChI=1S/C57H91N3O16S/c1-17-42-57(11,68)49(64)33(5)45(61)30(2)27-55(9,69-15)50(76-54-47(63)41(58(12)13)24-32(4)72-54)34(6)48(35(7)53(67)74-42)75-43-28-56(10,70-16)51(36(8)73-43)71-22-20-59(14)21-23-77-38-25-37-19-18-31(3)60-29-40(52(65)66)46(62)39(26-38)44(37)60/h25-26,29-36,41-43,47-51,54,63-64,68H,17-24,27-28H2,1-16H3,(H,65,66)/t30-,31?,32+,33+,34+,35-,36+,41-,42-,43+,47+,48+,49-,50-,51+,54-,55-,56-,57-/m1/s1. The zero-order valence-electron chi connectivity index (χ0n) is 48.5. The molecule has 1 unspecified atom stereocenters. The first-order valence-corrected chi connectivity index (χ1v) is 28.6. The number of aliphatic hydroxyl groups excluding tert-OH is 2. The number of aromatic carboxylic acids is 1. The Morgan fingerprint density at radius 2 is 1.56 bits per heavy atom. The molecule has 4 aliphatic heterocycles. The highest BCUT2D eigenvalue weighted by atomic mass is 32.2. The predicted octanol–water partition coefficient (Wildman–Crippen LogP) is 5.71. The van der Waals surface area contributed by atoms with Crippen LogP contribution >= 0.6 is 11.8 Å². The number of carbonyl (C=O) groups is 3. The molecule has 0 radical (unpaired) electrons. The number of carbonyl (C=O) groups excluding carboxylic acids is 2. The van der Waals surface area contributed by atoms with Gasteiger partial charge in [-0.3, -0.25) is 14.4 Å². The van der Waals surface area contributed by atoms with Crippen LogP contribution in [0.1, 0.15) is 130 Å². The SMILES string of the molecule is CC[C@H]1OC(=O)[C@H](C)[C@@H](O[C@H]2C[C@@](C)(OC)[C@@H](OCCN(C)CCSc3cc4c5c(c3)c(=O)c(C(=O)O)cn5C(C)CC4)[C@H](C)O2)[C@H](C)[C@@H](O[C@H]2O[C@@H](C)C[C@@H](N(C)C)[C@@H]2O)[C@](C)(OC)C[C@@H](C)C(=O)[C@H](C)[C@@H](O)[C@]1(C)O. The number of ketones is 1. The molecule has 0 saturated carbocycles. The topological polar surface area (TPSA) is 234 Å². The molecule has 19 nitrogen and oxygen atoms in total. The van der Waals surface area contributed by atoms with Gasteiger partial charge >= 0.3 is 11.9 Å². The maximum Gasteiger partial charge on any atom is 0.341 e. The molecule has 4 N–H and O–H groups in total. The number of hydrogen-bond acceptors (Lipinski definition) is 18. The Labute approximate surface area is 459 Å². The van der Waals surface area contributed by atoms with Crippen molar-refractivity contribution in [3.8, 4) is 0 Å². The van der Waals surface area contributed by atoms with E-state index in [0.29, 0.717) is 37.3 Å². The van der Waals surface area contributed by atoms with Gasteiger partial charge in [0.1, 0.15) is 35.3 Å². The van der Waals surface area contributed by atoms with Crippen molar-refractivity contribution < 1.29 is 72.7 Å². The lowest BCUT2D eigenvalue weighted by Crippen LogP contribution is -2.61. The number of thioether (sulfide) groups is 1. The minimum absolute atomic E-state index is 0.0848. The summed E-state index contributed by atoms with van der Waals surface area (Å²) >= 11 is 1.62. The summed E-state index contributed by atoms with van der Waals surface area (Å²) in [7, 11) is 8.90. The Hall–Kier alpha value is -3.09. The van der Waals surface area contributed by atoms with Crippen LogP contribution in [0.25, 0.3) is 10.9 Å². The summed E-state index contributed by atoms with van der Waals surface area (Å²) in [5.74, 6) is -5.14. The second-order valence-electron chi connectivity index (χ2n) is 23.6. The van der Waals surface area contributed by atoms with Crippen LogP contribution in [0.4, 0.5) is 0 Å². The third-order valence-corrected chi connectivity index (χ3v) is 18.4. The predicted molar refractivity (Wildman–Crippen MR) is 291 cm³/mol. The third kappa shape index (κ3) is 13.6. The van der Waals surface area contributed by atoms with E-state index in [0.717, 1.165) is 28.8 Å². The molecule has 1 aromatic heterocycles. The number of likely N-dealkylation sites (N-methyl/N-ethyl adjacent to an activating group) is 2. The summed E-state index contributed by atoms with van der Waals surface area (Å²) in [5, 5.41) is 45.6. The van der Waals surface area contributed by atoms with Crippen molar-refractivity contribution in [2.24, 2.45) is 23.7 Å². The molecule has 436 valence electrons. The van der Waals surface area contributed by atoms with Gasteiger partial charge in [0.25, 0.3) is 0 Å². The minimum Gasteiger partial charge on any atom is -0.477 e. The van der Waals surface area contributed by atoms with Gasteiger partial charge in [-0.1, -0.05) is 27.7 Å². The van der Waals surface area contributed by atoms with E-state index in [4.69, 9.17) is 37.9 Å². The average Bonchev–Trinajstić information content (AvgIpc) is 3.38. The van der Waals surface area contributed by atoms with Gasteiger partial charge < -0.3 is 72.7 Å². The molecule has 19 atom stereocenters. The van der Waals surface area contributed by atoms with Crippen LogP contribution in [-0.4, -0.2) is 198 Å². The smallest absolute Gasteiger partial charge is 0.341 e. The number of aryl methyl sites for hydroxylation is 1. The molecule has 0 aliphatic carbocycles. The Balaban J connectivity index is 1.21. The number of methoxy groups -OCH3 is 2. The van der Waals surface area contributed by atoms with Gasteiger partial charge in [-0.15, -0.1) is 11.8 Å². The van der Waals surface area contributed by atoms with Crippen LogP contribution in [0.5, 0.6) is 0 Å². The number of esters is 1. The van der Waals surface area contributed by atoms with Crippen molar-refractivity contribution in [3.63, 3.8) is 0 Å². The zero-order valence-corrected chi connectivity index (χ0v) is 49.3. The Kier molecular flexibility index (Phi) is 21.1. The number of rotatable bonds is 17. The third-order valence-electron chi connectivity index (χ3n) is 17.5. The molecule has 0 spiro atoms. The lowest BCUT2D eigenvalue weighted by Gasteiger charge is -2.50. The van der Waals surface area contributed by atoms with Crippen LogP contribution in [0.3, 0.4) is 0 Å². The minimum atomic E-state index is -2.00. The molecular weight excluding hydrogens is 1010 g/mol. The molecule has 6 rings (SSSR count). The van der Waals surface area contributed by atoms with Gasteiger partial charge in [0.2, 0.25) is 5.43 Å². The summed E-state index contributed by atoms with van der Waals surface area (Å²) in [5.41, 5.74) is -3.06. The number of benzene rings is 1. The largest absolute Gasteiger partial charge is 0.477 e. The van der Waals surface area contributed by atoms with E-state index in [1.165, 1.54) is 20.2 Å². The fraction of sp³-hybridized carbons (Fsp3) is 0.789. The molecule has 5 heterocycles. The van der Waals surface area contributed by atoms with E-state index >= 15 is 0 Å². The summed E-state index contributed by atoms with van der Waals surface area (Å²) in [6, 6.07) is 3.71. The van der Waals surface area contributed by atoms with Gasteiger partial charge in [0, 0.05) is 85.8 Å². The van der Waals surface area contributed by atoms with Gasteiger partial charge in [0.15, 0.2) is 12.6 Å². The fourth-order valence-corrected chi connectivity index (χ4v) is 13.5. The molecule has 2 aromatic rings. The van der Waals surface area contributed by atoms with Crippen LogP contribution in [-0.2, 0) is 53.9 Å². The van der Waals surface area contributed by atoms with Crippen molar-refractivity contribution in [1.82, 2.24) is 14.4 Å². The lowest BCUT2D eigenvalue weighted by atomic mass is 9.74. The maximum atomic E-state index is 14.6. The number of ether oxygens (including phenoxy) is 8. The zero-order chi connectivity index (χ0) is 57.2. The van der Waals surface area contributed by atoms with E-state index in [2.05, 4.69) is 11.0 Å². The molecule has 1 aromatic carbocycles. The van der Waals surface area contributed by atoms with Gasteiger partial charge in [-0.05, 0) is 119 Å². The number of carboxylic acid groups (broad SMARTS) is 1. The average molecular weight is 1110 g/mol. The van der Waals surface area contributed by atoms with E-state index < -0.39 is 113 Å². The number of aliphatic hydroxyl groups is 3. The van der Waals surface area contributed by atoms with Gasteiger partial charge in [-0.25, -0.2) is 4.79 Å². The molecule has 4 aliphatic rings. The maximum absolute atomic E-state index is 14.6. The normalized spacial score (nSPS) is 38.7. The molecular formula is C57H91N3O16S. The highest BCUT2D eigenvalue weighted by Gasteiger charge is 2.54. The number of carboxylic acids is 1. The number of pyridine rings is 1. The van der Waals surface area contributed by atoms with Crippen LogP contribution in [0, 0.1) is 23.7 Å². The first kappa shape index (κ1) is 63.1. The van der Waals surface area contributed by atoms with Crippen molar-refractivity contribution in [2.75, 3.05) is 60.8 Å². The lowest BCUT2D eigenvalue weighted by molar-refractivity contribution is -0.322.